The normalized spacial score (nSPS) is 14.1. The lowest BCUT2D eigenvalue weighted by molar-refractivity contribution is 0.102. The van der Waals surface area contributed by atoms with Crippen LogP contribution < -0.4 is 10.2 Å². The molecule has 1 aliphatic rings. The van der Waals surface area contributed by atoms with Crippen LogP contribution in [-0.4, -0.2) is 46.8 Å². The number of rotatable bonds is 5. The monoisotopic (exact) mass is 407 g/mol. The molecule has 1 aromatic heterocycles. The molecule has 0 spiro atoms. The van der Waals surface area contributed by atoms with E-state index in [2.05, 4.69) is 5.32 Å². The molecular formula is C19H25N3O3S2. The minimum atomic E-state index is -3.58. The van der Waals surface area contributed by atoms with Crippen LogP contribution in [0.5, 0.6) is 0 Å². The van der Waals surface area contributed by atoms with E-state index in [0.717, 1.165) is 30.5 Å². The number of benzene rings is 1. The van der Waals surface area contributed by atoms with Gasteiger partial charge in [0.05, 0.1) is 21.8 Å². The molecule has 0 bridgehead atoms. The van der Waals surface area contributed by atoms with Crippen molar-refractivity contribution < 1.29 is 13.2 Å². The molecule has 146 valence electrons. The van der Waals surface area contributed by atoms with Crippen molar-refractivity contribution in [3.05, 3.63) is 39.6 Å². The van der Waals surface area contributed by atoms with E-state index in [1.165, 1.54) is 35.8 Å². The van der Waals surface area contributed by atoms with Crippen molar-refractivity contribution in [3.8, 4) is 0 Å². The Labute approximate surface area is 164 Å². The van der Waals surface area contributed by atoms with E-state index in [9.17, 15) is 13.2 Å². The summed E-state index contributed by atoms with van der Waals surface area (Å²) < 4.78 is 26.1. The number of nitrogens with zero attached hydrogens (tertiary/aromatic N) is 2. The Bertz CT molecular complexity index is 963. The van der Waals surface area contributed by atoms with Crippen LogP contribution in [-0.2, 0) is 22.9 Å². The number of hydrogen-bond donors (Lipinski definition) is 1. The van der Waals surface area contributed by atoms with Crippen molar-refractivity contribution in [1.29, 1.82) is 0 Å². The fourth-order valence-corrected chi connectivity index (χ4v) is 5.30. The van der Waals surface area contributed by atoms with Gasteiger partial charge >= 0.3 is 0 Å². The van der Waals surface area contributed by atoms with E-state index in [1.807, 2.05) is 24.4 Å². The Balaban J connectivity index is 1.97. The zero-order chi connectivity index (χ0) is 19.8. The van der Waals surface area contributed by atoms with Crippen molar-refractivity contribution >= 4 is 38.6 Å². The van der Waals surface area contributed by atoms with Crippen LogP contribution in [0.3, 0.4) is 0 Å². The van der Waals surface area contributed by atoms with Crippen LogP contribution in [0.2, 0.25) is 0 Å². The summed E-state index contributed by atoms with van der Waals surface area (Å²) in [5, 5.41) is 4.86. The number of thiophene rings is 1. The molecular weight excluding hydrogens is 382 g/mol. The van der Waals surface area contributed by atoms with Gasteiger partial charge in [0.25, 0.3) is 5.91 Å². The number of amides is 1. The Morgan fingerprint density at radius 2 is 1.81 bits per heavy atom. The highest BCUT2D eigenvalue weighted by atomic mass is 32.2. The molecule has 2 aromatic rings. The lowest BCUT2D eigenvalue weighted by Gasteiger charge is -2.20. The minimum absolute atomic E-state index is 0.153. The fraction of sp³-hybridized carbons (Fsp3) is 0.421. The number of carbonyl (C=O) groups is 1. The van der Waals surface area contributed by atoms with Gasteiger partial charge in [0.2, 0.25) is 10.0 Å². The highest BCUT2D eigenvalue weighted by molar-refractivity contribution is 7.89. The van der Waals surface area contributed by atoms with Gasteiger partial charge in [-0.2, -0.15) is 0 Å². The van der Waals surface area contributed by atoms with Crippen molar-refractivity contribution in [1.82, 2.24) is 4.31 Å². The molecule has 0 saturated heterocycles. The topological polar surface area (TPSA) is 69.7 Å². The lowest BCUT2D eigenvalue weighted by atomic mass is 9.95. The summed E-state index contributed by atoms with van der Waals surface area (Å²) in [5.74, 6) is -0.183. The maximum atomic E-state index is 12.9. The summed E-state index contributed by atoms with van der Waals surface area (Å²) in [6.45, 7) is 0. The second-order valence-corrected chi connectivity index (χ2v) is 10.2. The van der Waals surface area contributed by atoms with Gasteiger partial charge in [-0.05, 0) is 49.4 Å². The molecule has 0 aliphatic heterocycles. The summed E-state index contributed by atoms with van der Waals surface area (Å²) in [7, 11) is 3.12. The first-order valence-corrected chi connectivity index (χ1v) is 11.2. The van der Waals surface area contributed by atoms with Crippen LogP contribution in [0.1, 0.15) is 33.6 Å². The maximum absolute atomic E-state index is 12.9. The second-order valence-electron chi connectivity index (χ2n) is 7.07. The first-order chi connectivity index (χ1) is 12.7. The Hall–Kier alpha value is -1.90. The third-order valence-corrected chi connectivity index (χ3v) is 7.68. The maximum Gasteiger partial charge on any atom is 0.256 e. The molecule has 1 amide bonds. The molecule has 1 aromatic carbocycles. The van der Waals surface area contributed by atoms with Crippen molar-refractivity contribution in [2.24, 2.45) is 0 Å². The Kier molecular flexibility index (Phi) is 5.60. The SMILES string of the molecule is CN(C)c1ccc(S(=O)(=O)N(C)C)cc1NC(=O)c1csc2c1CCCC2. The highest BCUT2D eigenvalue weighted by Crippen LogP contribution is 2.33. The zero-order valence-electron chi connectivity index (χ0n) is 16.1. The third kappa shape index (κ3) is 3.88. The van der Waals surface area contributed by atoms with Crippen molar-refractivity contribution in [2.45, 2.75) is 30.6 Å². The van der Waals surface area contributed by atoms with E-state index >= 15 is 0 Å². The smallest absolute Gasteiger partial charge is 0.256 e. The van der Waals surface area contributed by atoms with Crippen molar-refractivity contribution in [3.63, 3.8) is 0 Å². The van der Waals surface area contributed by atoms with Crippen LogP contribution >= 0.6 is 11.3 Å². The molecule has 0 radical (unpaired) electrons. The van der Waals surface area contributed by atoms with Gasteiger partial charge in [-0.15, -0.1) is 11.3 Å². The van der Waals surface area contributed by atoms with Crippen LogP contribution in [0, 0.1) is 0 Å². The van der Waals surface area contributed by atoms with Crippen LogP contribution in [0.25, 0.3) is 0 Å². The molecule has 8 heteroatoms. The first-order valence-electron chi connectivity index (χ1n) is 8.86. The predicted molar refractivity (Wildman–Crippen MR) is 111 cm³/mol. The number of aryl methyl sites for hydroxylation is 1. The molecule has 0 unspecified atom stereocenters. The predicted octanol–water partition coefficient (Wildman–Crippen LogP) is 3.20. The minimum Gasteiger partial charge on any atom is -0.376 e. The molecule has 3 rings (SSSR count). The number of hydrogen-bond acceptors (Lipinski definition) is 5. The molecule has 0 saturated carbocycles. The number of sulfonamides is 1. The van der Waals surface area contributed by atoms with Gasteiger partial charge in [-0.25, -0.2) is 12.7 Å². The Morgan fingerprint density at radius 1 is 1.11 bits per heavy atom. The fourth-order valence-electron chi connectivity index (χ4n) is 3.25. The van der Waals surface area contributed by atoms with Gasteiger partial charge in [0.15, 0.2) is 0 Å². The number of anilines is 2. The summed E-state index contributed by atoms with van der Waals surface area (Å²) in [5.41, 5.74) is 3.10. The molecule has 1 aliphatic carbocycles. The molecule has 1 heterocycles. The average molecular weight is 408 g/mol. The quantitative estimate of drug-likeness (QED) is 0.826. The summed E-state index contributed by atoms with van der Waals surface area (Å²) >= 11 is 1.64. The average Bonchev–Trinajstić information content (AvgIpc) is 3.05. The number of nitrogens with one attached hydrogen (secondary N) is 1. The van der Waals surface area contributed by atoms with Gasteiger partial charge in [-0.1, -0.05) is 0 Å². The summed E-state index contributed by atoms with van der Waals surface area (Å²) in [6.07, 6.45) is 4.23. The molecule has 0 fully saturated rings. The van der Waals surface area contributed by atoms with Gasteiger partial charge in [0.1, 0.15) is 0 Å². The zero-order valence-corrected chi connectivity index (χ0v) is 17.7. The third-order valence-electron chi connectivity index (χ3n) is 4.78. The number of fused-ring (bicyclic) bond motifs is 1. The van der Waals surface area contributed by atoms with E-state index in [-0.39, 0.29) is 10.8 Å². The van der Waals surface area contributed by atoms with Crippen LogP contribution in [0.15, 0.2) is 28.5 Å². The standard InChI is InChI=1S/C19H25N3O3S2/c1-21(2)17-10-9-13(27(24,25)22(3)4)11-16(17)20-19(23)15-12-26-18-8-6-5-7-14(15)18/h9-12H,5-8H2,1-4H3,(H,20,23). The van der Waals surface area contributed by atoms with Gasteiger partial charge < -0.3 is 10.2 Å². The summed E-state index contributed by atoms with van der Waals surface area (Å²) in [6, 6.07) is 4.81. The molecule has 6 nitrogen and oxygen atoms in total. The number of carbonyl (C=O) groups excluding carboxylic acids is 1. The first kappa shape index (κ1) is 19.9. The van der Waals surface area contributed by atoms with Crippen LogP contribution in [0.4, 0.5) is 11.4 Å². The van der Waals surface area contributed by atoms with E-state index in [4.69, 9.17) is 0 Å². The van der Waals surface area contributed by atoms with E-state index in [0.29, 0.717) is 11.3 Å². The lowest BCUT2D eigenvalue weighted by Crippen LogP contribution is -2.23. The summed E-state index contributed by atoms with van der Waals surface area (Å²) in [4.78, 5) is 16.2. The molecule has 1 N–H and O–H groups in total. The largest absolute Gasteiger partial charge is 0.376 e. The van der Waals surface area contributed by atoms with Gasteiger partial charge in [0, 0.05) is 38.4 Å². The van der Waals surface area contributed by atoms with Crippen molar-refractivity contribution in [2.75, 3.05) is 38.4 Å². The van der Waals surface area contributed by atoms with E-state index in [1.54, 1.807) is 23.5 Å². The van der Waals surface area contributed by atoms with Gasteiger partial charge in [-0.3, -0.25) is 4.79 Å². The Morgan fingerprint density at radius 3 is 2.48 bits per heavy atom. The van der Waals surface area contributed by atoms with E-state index < -0.39 is 10.0 Å². The molecule has 0 atom stereocenters. The second kappa shape index (κ2) is 7.61. The highest BCUT2D eigenvalue weighted by Gasteiger charge is 2.23. The molecule has 27 heavy (non-hydrogen) atoms.